The maximum absolute atomic E-state index is 4.14. The van der Waals surface area contributed by atoms with Crippen LogP contribution in [0.2, 0.25) is 0 Å². The molecule has 1 aromatic heterocycles. The summed E-state index contributed by atoms with van der Waals surface area (Å²) in [4.78, 5) is 4.14. The molecule has 0 atom stereocenters. The lowest BCUT2D eigenvalue weighted by molar-refractivity contribution is 0.590. The Labute approximate surface area is 116 Å². The lowest BCUT2D eigenvalue weighted by Crippen LogP contribution is -2.10. The van der Waals surface area contributed by atoms with Gasteiger partial charge in [-0.3, -0.25) is 4.98 Å². The molecular formula is C18H23N. The fraction of sp³-hybridized carbons (Fsp3) is 0.389. The summed E-state index contributed by atoms with van der Waals surface area (Å²) in [6.07, 6.45) is 6.00. The normalized spacial score (nSPS) is 11.6. The van der Waals surface area contributed by atoms with E-state index in [-0.39, 0.29) is 5.41 Å². The summed E-state index contributed by atoms with van der Waals surface area (Å²) in [7, 11) is 0. The first kappa shape index (κ1) is 13.8. The van der Waals surface area contributed by atoms with Crippen molar-refractivity contribution in [1.82, 2.24) is 4.98 Å². The third-order valence-corrected chi connectivity index (χ3v) is 3.64. The van der Waals surface area contributed by atoms with E-state index in [1.807, 2.05) is 12.4 Å². The van der Waals surface area contributed by atoms with E-state index >= 15 is 0 Å². The van der Waals surface area contributed by atoms with Crippen LogP contribution in [0.25, 0.3) is 0 Å². The zero-order chi connectivity index (χ0) is 13.9. The third-order valence-electron chi connectivity index (χ3n) is 3.64. The highest BCUT2D eigenvalue weighted by molar-refractivity contribution is 5.29. The van der Waals surface area contributed by atoms with Gasteiger partial charge in [-0.25, -0.2) is 0 Å². The Morgan fingerprint density at radius 3 is 2.21 bits per heavy atom. The van der Waals surface area contributed by atoms with Crippen molar-refractivity contribution in [3.63, 3.8) is 0 Å². The fourth-order valence-electron chi connectivity index (χ4n) is 2.23. The van der Waals surface area contributed by atoms with Crippen molar-refractivity contribution in [2.24, 2.45) is 0 Å². The molecule has 0 bridgehead atoms. The number of aryl methyl sites for hydroxylation is 3. The molecule has 0 aliphatic rings. The highest BCUT2D eigenvalue weighted by Gasteiger charge is 2.12. The van der Waals surface area contributed by atoms with Crippen molar-refractivity contribution in [3.05, 3.63) is 65.0 Å². The lowest BCUT2D eigenvalue weighted by Gasteiger charge is -2.19. The zero-order valence-corrected chi connectivity index (χ0v) is 12.4. The molecule has 1 heterocycles. The predicted molar refractivity (Wildman–Crippen MR) is 81.5 cm³/mol. The number of nitrogens with zero attached hydrogens (tertiary/aromatic N) is 1. The van der Waals surface area contributed by atoms with E-state index in [9.17, 15) is 0 Å². The van der Waals surface area contributed by atoms with E-state index in [0.29, 0.717) is 0 Å². The highest BCUT2D eigenvalue weighted by atomic mass is 14.6. The number of pyridine rings is 1. The molecule has 2 rings (SSSR count). The van der Waals surface area contributed by atoms with E-state index in [1.165, 1.54) is 22.3 Å². The molecule has 0 saturated heterocycles. The minimum absolute atomic E-state index is 0.236. The molecule has 0 radical (unpaired) electrons. The molecule has 0 aliphatic heterocycles. The Bertz CT molecular complexity index is 532. The van der Waals surface area contributed by atoms with Crippen LogP contribution in [-0.4, -0.2) is 4.98 Å². The molecule has 0 N–H and O–H groups in total. The Hall–Kier alpha value is -1.63. The first-order chi connectivity index (χ1) is 8.97. The van der Waals surface area contributed by atoms with Crippen LogP contribution in [0, 0.1) is 6.92 Å². The highest BCUT2D eigenvalue weighted by Crippen LogP contribution is 2.22. The minimum Gasteiger partial charge on any atom is -0.264 e. The predicted octanol–water partition coefficient (Wildman–Crippen LogP) is 4.47. The molecule has 0 fully saturated rings. The van der Waals surface area contributed by atoms with Gasteiger partial charge in [0.05, 0.1) is 0 Å². The average molecular weight is 253 g/mol. The molecule has 1 heteroatoms. The Kier molecular flexibility index (Phi) is 4.04. The van der Waals surface area contributed by atoms with E-state index < -0.39 is 0 Å². The van der Waals surface area contributed by atoms with E-state index in [2.05, 4.69) is 63.0 Å². The Morgan fingerprint density at radius 2 is 1.63 bits per heavy atom. The molecule has 0 amide bonds. The van der Waals surface area contributed by atoms with Crippen LogP contribution in [0.5, 0.6) is 0 Å². The van der Waals surface area contributed by atoms with Gasteiger partial charge in [0.25, 0.3) is 0 Å². The Morgan fingerprint density at radius 1 is 0.947 bits per heavy atom. The van der Waals surface area contributed by atoms with E-state index in [0.717, 1.165) is 12.8 Å². The van der Waals surface area contributed by atoms with Crippen molar-refractivity contribution < 1.29 is 0 Å². The standard InChI is InChI=1S/C18H23N/c1-14-13-19-12-11-16(14)8-5-15-6-9-17(10-7-15)18(2,3)4/h6-7,9-13H,5,8H2,1-4H3. The van der Waals surface area contributed by atoms with Crippen molar-refractivity contribution in [2.75, 3.05) is 0 Å². The molecule has 0 unspecified atom stereocenters. The molecule has 1 nitrogen and oxygen atoms in total. The SMILES string of the molecule is Cc1cnccc1CCc1ccc(C(C)(C)C)cc1. The molecule has 0 aliphatic carbocycles. The lowest BCUT2D eigenvalue weighted by atomic mass is 9.86. The Balaban J connectivity index is 2.03. The molecule has 1 aromatic carbocycles. The van der Waals surface area contributed by atoms with Gasteiger partial charge in [-0.1, -0.05) is 45.0 Å². The van der Waals surface area contributed by atoms with E-state index in [1.54, 1.807) is 0 Å². The monoisotopic (exact) mass is 253 g/mol. The first-order valence-electron chi connectivity index (χ1n) is 6.96. The smallest absolute Gasteiger partial charge is 0.0299 e. The van der Waals surface area contributed by atoms with Gasteiger partial charge in [0.15, 0.2) is 0 Å². The van der Waals surface area contributed by atoms with Crippen LogP contribution in [0.4, 0.5) is 0 Å². The third kappa shape index (κ3) is 3.66. The second-order valence-electron chi connectivity index (χ2n) is 6.25. The van der Waals surface area contributed by atoms with Gasteiger partial charge in [0.2, 0.25) is 0 Å². The summed E-state index contributed by atoms with van der Waals surface area (Å²) in [5.41, 5.74) is 5.73. The number of hydrogen-bond acceptors (Lipinski definition) is 1. The fourth-order valence-corrected chi connectivity index (χ4v) is 2.23. The van der Waals surface area contributed by atoms with Crippen LogP contribution < -0.4 is 0 Å². The number of aromatic nitrogens is 1. The summed E-state index contributed by atoms with van der Waals surface area (Å²) >= 11 is 0. The number of rotatable bonds is 3. The number of benzene rings is 1. The van der Waals surface area contributed by atoms with Gasteiger partial charge in [0, 0.05) is 12.4 Å². The van der Waals surface area contributed by atoms with Gasteiger partial charge < -0.3 is 0 Å². The molecule has 0 saturated carbocycles. The van der Waals surface area contributed by atoms with Crippen molar-refractivity contribution in [3.8, 4) is 0 Å². The molecule has 0 spiro atoms. The summed E-state index contributed by atoms with van der Waals surface area (Å²) < 4.78 is 0. The quantitative estimate of drug-likeness (QED) is 0.786. The van der Waals surface area contributed by atoms with Crippen LogP contribution in [0.3, 0.4) is 0 Å². The van der Waals surface area contributed by atoms with Crippen LogP contribution in [-0.2, 0) is 18.3 Å². The van der Waals surface area contributed by atoms with Crippen molar-refractivity contribution in [2.45, 2.75) is 46.0 Å². The van der Waals surface area contributed by atoms with E-state index in [4.69, 9.17) is 0 Å². The summed E-state index contributed by atoms with van der Waals surface area (Å²) in [6, 6.07) is 11.2. The summed E-state index contributed by atoms with van der Waals surface area (Å²) in [6.45, 7) is 8.89. The maximum atomic E-state index is 4.14. The number of hydrogen-bond donors (Lipinski definition) is 0. The summed E-state index contributed by atoms with van der Waals surface area (Å²) in [5, 5.41) is 0. The van der Waals surface area contributed by atoms with Crippen molar-refractivity contribution >= 4 is 0 Å². The molecular weight excluding hydrogens is 230 g/mol. The molecule has 2 aromatic rings. The summed E-state index contributed by atoms with van der Waals surface area (Å²) in [5.74, 6) is 0. The van der Waals surface area contributed by atoms with Crippen molar-refractivity contribution in [1.29, 1.82) is 0 Å². The zero-order valence-electron chi connectivity index (χ0n) is 12.4. The first-order valence-corrected chi connectivity index (χ1v) is 6.96. The molecule has 100 valence electrons. The minimum atomic E-state index is 0.236. The van der Waals surface area contributed by atoms with Gasteiger partial charge >= 0.3 is 0 Å². The van der Waals surface area contributed by atoms with Crippen LogP contribution in [0.1, 0.15) is 43.0 Å². The largest absolute Gasteiger partial charge is 0.264 e. The van der Waals surface area contributed by atoms with Crippen LogP contribution >= 0.6 is 0 Å². The second kappa shape index (κ2) is 5.56. The van der Waals surface area contributed by atoms with Gasteiger partial charge in [-0.15, -0.1) is 0 Å². The average Bonchev–Trinajstić information content (AvgIpc) is 2.37. The maximum Gasteiger partial charge on any atom is 0.0299 e. The second-order valence-corrected chi connectivity index (χ2v) is 6.25. The molecule has 19 heavy (non-hydrogen) atoms. The van der Waals surface area contributed by atoms with Gasteiger partial charge in [-0.2, -0.15) is 0 Å². The van der Waals surface area contributed by atoms with Gasteiger partial charge in [0.1, 0.15) is 0 Å². The topological polar surface area (TPSA) is 12.9 Å². The van der Waals surface area contributed by atoms with Gasteiger partial charge in [-0.05, 0) is 53.5 Å². The van der Waals surface area contributed by atoms with Crippen LogP contribution in [0.15, 0.2) is 42.7 Å².